The Balaban J connectivity index is 2.18. The standard InChI is InChI=1S/C11H17N5O2/c1-11(2)4-3-7(5-11)14-9-8(16(17)18)6-13-10(12)15-9/h6-7H,3-5H2,1-2H3,(H3,12,13,14,15). The molecule has 1 aromatic rings. The van der Waals surface area contributed by atoms with Gasteiger partial charge in [0.25, 0.3) is 0 Å². The van der Waals surface area contributed by atoms with Gasteiger partial charge in [-0.3, -0.25) is 10.1 Å². The summed E-state index contributed by atoms with van der Waals surface area (Å²) in [7, 11) is 0. The molecule has 3 N–H and O–H groups in total. The monoisotopic (exact) mass is 251 g/mol. The van der Waals surface area contributed by atoms with Crippen LogP contribution in [0.4, 0.5) is 17.5 Å². The molecule has 0 aliphatic heterocycles. The smallest absolute Gasteiger partial charge is 0.329 e. The van der Waals surface area contributed by atoms with E-state index in [2.05, 4.69) is 29.1 Å². The third-order valence-corrected chi connectivity index (χ3v) is 3.29. The van der Waals surface area contributed by atoms with Gasteiger partial charge in [-0.05, 0) is 24.7 Å². The zero-order chi connectivity index (χ0) is 13.3. The number of nitro groups is 1. The van der Waals surface area contributed by atoms with Crippen LogP contribution in [-0.4, -0.2) is 20.9 Å². The van der Waals surface area contributed by atoms with E-state index in [1.54, 1.807) is 0 Å². The molecule has 1 heterocycles. The van der Waals surface area contributed by atoms with Crippen molar-refractivity contribution < 1.29 is 4.92 Å². The first-order valence-corrected chi connectivity index (χ1v) is 5.91. The van der Waals surface area contributed by atoms with Crippen LogP contribution >= 0.6 is 0 Å². The molecule has 0 spiro atoms. The lowest BCUT2D eigenvalue weighted by molar-refractivity contribution is -0.384. The number of hydrogen-bond donors (Lipinski definition) is 2. The fraction of sp³-hybridized carbons (Fsp3) is 0.636. The van der Waals surface area contributed by atoms with Crippen molar-refractivity contribution in [1.29, 1.82) is 0 Å². The molecule has 0 bridgehead atoms. The quantitative estimate of drug-likeness (QED) is 0.628. The van der Waals surface area contributed by atoms with Crippen LogP contribution in [0, 0.1) is 15.5 Å². The Morgan fingerprint density at radius 3 is 2.89 bits per heavy atom. The van der Waals surface area contributed by atoms with Crippen LogP contribution in [0.25, 0.3) is 0 Å². The highest BCUT2D eigenvalue weighted by molar-refractivity contribution is 5.56. The van der Waals surface area contributed by atoms with Crippen LogP contribution in [0.2, 0.25) is 0 Å². The number of rotatable bonds is 3. The first-order valence-electron chi connectivity index (χ1n) is 5.91. The lowest BCUT2D eigenvalue weighted by atomic mass is 9.92. The van der Waals surface area contributed by atoms with E-state index in [0.717, 1.165) is 25.5 Å². The summed E-state index contributed by atoms with van der Waals surface area (Å²) in [4.78, 5) is 17.9. The van der Waals surface area contributed by atoms with Gasteiger partial charge in [0.05, 0.1) is 4.92 Å². The highest BCUT2D eigenvalue weighted by atomic mass is 16.6. The molecule has 1 aliphatic carbocycles. The van der Waals surface area contributed by atoms with Crippen molar-refractivity contribution in [2.24, 2.45) is 5.41 Å². The predicted octanol–water partition coefficient (Wildman–Crippen LogP) is 1.96. The first kappa shape index (κ1) is 12.5. The normalized spacial score (nSPS) is 21.8. The SMILES string of the molecule is CC1(C)CCC(Nc2nc(N)ncc2[N+](=O)[O-])C1. The molecule has 1 aromatic heterocycles. The molecule has 0 aromatic carbocycles. The second-order valence-corrected chi connectivity index (χ2v) is 5.47. The second-order valence-electron chi connectivity index (χ2n) is 5.47. The number of nitrogen functional groups attached to an aromatic ring is 1. The van der Waals surface area contributed by atoms with Crippen molar-refractivity contribution in [3.63, 3.8) is 0 Å². The molecule has 1 fully saturated rings. The van der Waals surface area contributed by atoms with Crippen molar-refractivity contribution in [3.05, 3.63) is 16.3 Å². The van der Waals surface area contributed by atoms with Crippen LogP contribution < -0.4 is 11.1 Å². The summed E-state index contributed by atoms with van der Waals surface area (Å²) in [5.74, 6) is 0.260. The van der Waals surface area contributed by atoms with Crippen LogP contribution in [0.5, 0.6) is 0 Å². The van der Waals surface area contributed by atoms with Crippen molar-refractivity contribution in [1.82, 2.24) is 9.97 Å². The Morgan fingerprint density at radius 1 is 1.61 bits per heavy atom. The van der Waals surface area contributed by atoms with E-state index < -0.39 is 4.92 Å². The molecule has 18 heavy (non-hydrogen) atoms. The minimum atomic E-state index is -0.498. The van der Waals surface area contributed by atoms with Gasteiger partial charge in [0.2, 0.25) is 11.8 Å². The van der Waals surface area contributed by atoms with E-state index in [-0.39, 0.29) is 28.9 Å². The van der Waals surface area contributed by atoms with Gasteiger partial charge < -0.3 is 11.1 Å². The molecule has 1 aliphatic rings. The molecule has 7 nitrogen and oxygen atoms in total. The topological polar surface area (TPSA) is 107 Å². The Labute approximate surface area is 105 Å². The maximum Gasteiger partial charge on any atom is 0.329 e. The summed E-state index contributed by atoms with van der Waals surface area (Å²) < 4.78 is 0. The van der Waals surface area contributed by atoms with E-state index in [1.165, 1.54) is 0 Å². The van der Waals surface area contributed by atoms with Gasteiger partial charge in [-0.25, -0.2) is 4.98 Å². The van der Waals surface area contributed by atoms with E-state index in [9.17, 15) is 10.1 Å². The van der Waals surface area contributed by atoms with Gasteiger partial charge in [-0.2, -0.15) is 4.98 Å². The van der Waals surface area contributed by atoms with Crippen molar-refractivity contribution in [2.45, 2.75) is 39.2 Å². The molecule has 1 unspecified atom stereocenters. The molecule has 1 saturated carbocycles. The summed E-state index contributed by atoms with van der Waals surface area (Å²) in [6.45, 7) is 4.38. The van der Waals surface area contributed by atoms with E-state index in [1.807, 2.05) is 0 Å². The zero-order valence-electron chi connectivity index (χ0n) is 10.5. The Morgan fingerprint density at radius 2 is 2.33 bits per heavy atom. The fourth-order valence-electron chi connectivity index (χ4n) is 2.38. The highest BCUT2D eigenvalue weighted by Gasteiger charge is 2.32. The van der Waals surface area contributed by atoms with Crippen LogP contribution in [0.15, 0.2) is 6.20 Å². The van der Waals surface area contributed by atoms with Crippen molar-refractivity contribution in [3.8, 4) is 0 Å². The van der Waals surface area contributed by atoms with Gasteiger partial charge in [0, 0.05) is 6.04 Å². The molecule has 98 valence electrons. The fourth-order valence-corrected chi connectivity index (χ4v) is 2.38. The van der Waals surface area contributed by atoms with Crippen LogP contribution in [-0.2, 0) is 0 Å². The molecular formula is C11H17N5O2. The zero-order valence-corrected chi connectivity index (χ0v) is 10.5. The highest BCUT2D eigenvalue weighted by Crippen LogP contribution is 2.38. The van der Waals surface area contributed by atoms with Gasteiger partial charge >= 0.3 is 5.69 Å². The maximum absolute atomic E-state index is 10.9. The van der Waals surface area contributed by atoms with E-state index in [0.29, 0.717) is 0 Å². The largest absolute Gasteiger partial charge is 0.368 e. The van der Waals surface area contributed by atoms with Gasteiger partial charge in [-0.1, -0.05) is 13.8 Å². The predicted molar refractivity (Wildman–Crippen MR) is 68.1 cm³/mol. The molecule has 0 amide bonds. The number of nitrogens with one attached hydrogen (secondary N) is 1. The number of nitrogens with zero attached hydrogens (tertiary/aromatic N) is 3. The molecule has 0 saturated heterocycles. The van der Waals surface area contributed by atoms with Crippen molar-refractivity contribution in [2.75, 3.05) is 11.1 Å². The Hall–Kier alpha value is -1.92. The summed E-state index contributed by atoms with van der Waals surface area (Å²) in [5, 5.41) is 14.0. The van der Waals surface area contributed by atoms with Gasteiger partial charge in [0.15, 0.2) is 0 Å². The second kappa shape index (κ2) is 4.40. The average Bonchev–Trinajstić information content (AvgIpc) is 2.57. The van der Waals surface area contributed by atoms with Gasteiger partial charge in [-0.15, -0.1) is 0 Å². The first-order chi connectivity index (χ1) is 8.37. The van der Waals surface area contributed by atoms with Crippen LogP contribution in [0.1, 0.15) is 33.1 Å². The number of hydrogen-bond acceptors (Lipinski definition) is 6. The lowest BCUT2D eigenvalue weighted by Gasteiger charge is -2.18. The maximum atomic E-state index is 10.9. The Bertz CT molecular complexity index is 475. The average molecular weight is 251 g/mol. The molecule has 2 rings (SSSR count). The van der Waals surface area contributed by atoms with E-state index in [4.69, 9.17) is 5.73 Å². The van der Waals surface area contributed by atoms with Gasteiger partial charge in [0.1, 0.15) is 6.20 Å². The minimum absolute atomic E-state index is 0.0420. The molecule has 0 radical (unpaired) electrons. The number of nitrogens with two attached hydrogens (primary N) is 1. The van der Waals surface area contributed by atoms with Crippen molar-refractivity contribution >= 4 is 17.5 Å². The molecule has 1 atom stereocenters. The number of aromatic nitrogens is 2. The third kappa shape index (κ3) is 2.66. The van der Waals surface area contributed by atoms with Crippen LogP contribution in [0.3, 0.4) is 0 Å². The summed E-state index contributed by atoms with van der Waals surface area (Å²) in [5.41, 5.74) is 5.61. The summed E-state index contributed by atoms with van der Waals surface area (Å²) in [6, 6.07) is 0.202. The molecular weight excluding hydrogens is 234 g/mol. The van der Waals surface area contributed by atoms with E-state index >= 15 is 0 Å². The summed E-state index contributed by atoms with van der Waals surface area (Å²) in [6.07, 6.45) is 4.19. The Kier molecular flexibility index (Phi) is 3.06. The number of anilines is 2. The lowest BCUT2D eigenvalue weighted by Crippen LogP contribution is -2.19. The molecule has 7 heteroatoms. The third-order valence-electron chi connectivity index (χ3n) is 3.29. The minimum Gasteiger partial charge on any atom is -0.368 e. The summed E-state index contributed by atoms with van der Waals surface area (Å²) >= 11 is 0.